The van der Waals surface area contributed by atoms with E-state index in [9.17, 15) is 4.79 Å². The number of thiophene rings is 1. The molecule has 1 aliphatic rings. The van der Waals surface area contributed by atoms with E-state index in [1.807, 2.05) is 48.5 Å². The second-order valence-corrected chi connectivity index (χ2v) is 8.92. The van der Waals surface area contributed by atoms with Gasteiger partial charge in [0.2, 0.25) is 0 Å². The first-order chi connectivity index (χ1) is 14.2. The van der Waals surface area contributed by atoms with Gasteiger partial charge in [0.05, 0.1) is 22.7 Å². The number of thioether (sulfide) groups is 1. The van der Waals surface area contributed by atoms with Crippen LogP contribution in [0.2, 0.25) is 0 Å². The summed E-state index contributed by atoms with van der Waals surface area (Å²) in [4.78, 5) is 19.2. The fourth-order valence-corrected chi connectivity index (χ4v) is 5.49. The Bertz CT molecular complexity index is 1300. The molecule has 0 amide bonds. The van der Waals surface area contributed by atoms with Crippen LogP contribution in [0, 0.1) is 11.3 Å². The maximum absolute atomic E-state index is 13.5. The molecule has 0 spiro atoms. The fourth-order valence-electron chi connectivity index (χ4n) is 3.47. The van der Waals surface area contributed by atoms with Crippen molar-refractivity contribution in [2.24, 2.45) is 0 Å². The zero-order valence-corrected chi connectivity index (χ0v) is 17.2. The summed E-state index contributed by atoms with van der Waals surface area (Å²) in [5.74, 6) is 1.15. The molecule has 0 bridgehead atoms. The molecule has 5 rings (SSSR count). The topological polar surface area (TPSA) is 58.7 Å². The van der Waals surface area contributed by atoms with E-state index in [0.29, 0.717) is 22.4 Å². The average molecular weight is 416 g/mol. The van der Waals surface area contributed by atoms with Gasteiger partial charge in [0.15, 0.2) is 5.16 Å². The standard InChI is InChI=1S/C23H17N3OS2/c24-12-15-5-4-6-16(11-15)13-29-23-25-21-20(19(14-28-21)17-9-10-17)22(27)26(23)18-7-2-1-3-8-18/h1-8,11,14,17H,9-10,13H2. The SMILES string of the molecule is N#Cc1cccc(CSc2nc3scc(C4CC4)c3c(=O)n2-c2ccccc2)c1. The normalized spacial score (nSPS) is 13.5. The van der Waals surface area contributed by atoms with Crippen LogP contribution < -0.4 is 5.56 Å². The van der Waals surface area contributed by atoms with Crippen LogP contribution in [0.4, 0.5) is 0 Å². The Morgan fingerprint density at radius 2 is 2.00 bits per heavy atom. The number of nitrogens with zero attached hydrogens (tertiary/aromatic N) is 3. The Labute approximate surface area is 176 Å². The van der Waals surface area contributed by atoms with Crippen LogP contribution >= 0.6 is 23.1 Å². The molecular formula is C23H17N3OS2. The van der Waals surface area contributed by atoms with Gasteiger partial charge in [-0.15, -0.1) is 11.3 Å². The molecule has 2 aromatic heterocycles. The lowest BCUT2D eigenvalue weighted by Gasteiger charge is -2.12. The van der Waals surface area contributed by atoms with Crippen molar-refractivity contribution in [3.8, 4) is 11.8 Å². The second-order valence-electron chi connectivity index (χ2n) is 7.12. The van der Waals surface area contributed by atoms with E-state index in [1.165, 1.54) is 11.8 Å². The average Bonchev–Trinajstić information content (AvgIpc) is 3.52. The molecule has 4 nitrogen and oxygen atoms in total. The maximum Gasteiger partial charge on any atom is 0.267 e. The molecule has 142 valence electrons. The zero-order chi connectivity index (χ0) is 19.8. The molecule has 29 heavy (non-hydrogen) atoms. The third-order valence-electron chi connectivity index (χ3n) is 5.06. The number of hydrogen-bond acceptors (Lipinski definition) is 5. The highest BCUT2D eigenvalue weighted by molar-refractivity contribution is 7.98. The van der Waals surface area contributed by atoms with Crippen LogP contribution in [0.1, 0.15) is 35.4 Å². The summed E-state index contributed by atoms with van der Waals surface area (Å²) in [6, 6.07) is 19.4. The number of hydrogen-bond donors (Lipinski definition) is 0. The highest BCUT2D eigenvalue weighted by Gasteiger charge is 2.29. The van der Waals surface area contributed by atoms with Gasteiger partial charge in [0, 0.05) is 5.75 Å². The van der Waals surface area contributed by atoms with E-state index in [4.69, 9.17) is 10.2 Å². The summed E-state index contributed by atoms with van der Waals surface area (Å²) in [6.07, 6.45) is 2.31. The molecule has 6 heteroatoms. The van der Waals surface area contributed by atoms with Crippen LogP contribution in [-0.4, -0.2) is 9.55 Å². The van der Waals surface area contributed by atoms with Gasteiger partial charge in [-0.05, 0) is 59.5 Å². The van der Waals surface area contributed by atoms with Gasteiger partial charge in [0.25, 0.3) is 5.56 Å². The molecule has 0 radical (unpaired) electrons. The van der Waals surface area contributed by atoms with Crippen molar-refractivity contribution >= 4 is 33.3 Å². The molecule has 0 atom stereocenters. The molecule has 2 aromatic carbocycles. The molecule has 1 aliphatic carbocycles. The van der Waals surface area contributed by atoms with Gasteiger partial charge in [0.1, 0.15) is 4.83 Å². The molecule has 1 fully saturated rings. The first-order valence-corrected chi connectivity index (χ1v) is 11.3. The number of para-hydroxylation sites is 1. The summed E-state index contributed by atoms with van der Waals surface area (Å²) in [7, 11) is 0. The molecule has 1 saturated carbocycles. The number of nitriles is 1. The lowest BCUT2D eigenvalue weighted by molar-refractivity contribution is 0.821. The Balaban J connectivity index is 1.62. The van der Waals surface area contributed by atoms with E-state index < -0.39 is 0 Å². The van der Waals surface area contributed by atoms with Gasteiger partial charge in [-0.3, -0.25) is 9.36 Å². The van der Waals surface area contributed by atoms with Gasteiger partial charge < -0.3 is 0 Å². The number of benzene rings is 2. The van der Waals surface area contributed by atoms with Gasteiger partial charge in [-0.1, -0.05) is 42.1 Å². The smallest absolute Gasteiger partial charge is 0.267 e. The van der Waals surface area contributed by atoms with Crippen LogP contribution in [-0.2, 0) is 5.75 Å². The highest BCUT2D eigenvalue weighted by Crippen LogP contribution is 2.44. The predicted octanol–water partition coefficient (Wildman–Crippen LogP) is 5.49. The second kappa shape index (κ2) is 7.51. The Kier molecular flexibility index (Phi) is 4.70. The summed E-state index contributed by atoms with van der Waals surface area (Å²) in [5, 5.41) is 12.7. The summed E-state index contributed by atoms with van der Waals surface area (Å²) in [6.45, 7) is 0. The van der Waals surface area contributed by atoms with E-state index in [0.717, 1.165) is 39.9 Å². The van der Waals surface area contributed by atoms with Crippen LogP contribution in [0.15, 0.2) is 69.9 Å². The van der Waals surface area contributed by atoms with Crippen molar-refractivity contribution in [2.75, 3.05) is 0 Å². The van der Waals surface area contributed by atoms with E-state index >= 15 is 0 Å². The fraction of sp³-hybridized carbons (Fsp3) is 0.174. The van der Waals surface area contributed by atoms with Crippen molar-refractivity contribution in [1.82, 2.24) is 9.55 Å². The lowest BCUT2D eigenvalue weighted by atomic mass is 10.1. The molecule has 4 aromatic rings. The zero-order valence-electron chi connectivity index (χ0n) is 15.5. The number of aromatic nitrogens is 2. The van der Waals surface area contributed by atoms with Crippen LogP contribution in [0.25, 0.3) is 15.9 Å². The monoisotopic (exact) mass is 415 g/mol. The van der Waals surface area contributed by atoms with Gasteiger partial charge >= 0.3 is 0 Å². The lowest BCUT2D eigenvalue weighted by Crippen LogP contribution is -2.21. The molecule has 0 N–H and O–H groups in total. The molecule has 0 aliphatic heterocycles. The van der Waals surface area contributed by atoms with Gasteiger partial charge in [-0.2, -0.15) is 5.26 Å². The van der Waals surface area contributed by atoms with Crippen molar-refractivity contribution < 1.29 is 0 Å². The minimum Gasteiger partial charge on any atom is -0.268 e. The van der Waals surface area contributed by atoms with Crippen molar-refractivity contribution in [3.63, 3.8) is 0 Å². The molecule has 0 saturated heterocycles. The summed E-state index contributed by atoms with van der Waals surface area (Å²) in [5.41, 5.74) is 3.67. The minimum absolute atomic E-state index is 0.0117. The van der Waals surface area contributed by atoms with E-state index in [-0.39, 0.29) is 5.56 Å². The summed E-state index contributed by atoms with van der Waals surface area (Å²) < 4.78 is 1.74. The summed E-state index contributed by atoms with van der Waals surface area (Å²) >= 11 is 3.09. The largest absolute Gasteiger partial charge is 0.268 e. The molecule has 2 heterocycles. The van der Waals surface area contributed by atoms with Crippen LogP contribution in [0.3, 0.4) is 0 Å². The Hall–Kier alpha value is -2.88. The Morgan fingerprint density at radius 1 is 1.17 bits per heavy atom. The Morgan fingerprint density at radius 3 is 2.76 bits per heavy atom. The van der Waals surface area contributed by atoms with E-state index in [2.05, 4.69) is 11.4 Å². The minimum atomic E-state index is 0.0117. The third kappa shape index (κ3) is 3.48. The molecular weight excluding hydrogens is 398 g/mol. The van der Waals surface area contributed by atoms with E-state index in [1.54, 1.807) is 22.0 Å². The first kappa shape index (κ1) is 18.2. The third-order valence-corrected chi connectivity index (χ3v) is 6.96. The van der Waals surface area contributed by atoms with Crippen molar-refractivity contribution in [1.29, 1.82) is 5.26 Å². The van der Waals surface area contributed by atoms with Crippen LogP contribution in [0.5, 0.6) is 0 Å². The molecule has 0 unspecified atom stereocenters. The van der Waals surface area contributed by atoms with Gasteiger partial charge in [-0.25, -0.2) is 4.98 Å². The van der Waals surface area contributed by atoms with Crippen molar-refractivity contribution in [3.05, 3.63) is 87.0 Å². The quantitative estimate of drug-likeness (QED) is 0.319. The van der Waals surface area contributed by atoms with Crippen molar-refractivity contribution in [2.45, 2.75) is 29.7 Å². The first-order valence-electron chi connectivity index (χ1n) is 9.46. The highest BCUT2D eigenvalue weighted by atomic mass is 32.2. The predicted molar refractivity (Wildman–Crippen MR) is 118 cm³/mol. The number of fused-ring (bicyclic) bond motifs is 1. The number of rotatable bonds is 5. The maximum atomic E-state index is 13.5.